The number of nitrogens with one attached hydrogen (secondary N) is 1. The Bertz CT molecular complexity index is 410. The summed E-state index contributed by atoms with van der Waals surface area (Å²) in [6, 6.07) is 0. The van der Waals surface area contributed by atoms with Crippen molar-refractivity contribution < 1.29 is 4.79 Å². The van der Waals surface area contributed by atoms with Crippen molar-refractivity contribution in [2.45, 2.75) is 25.8 Å². The lowest BCUT2D eigenvalue weighted by Crippen LogP contribution is -2.36. The Hall–Kier alpha value is -0.880. The second-order valence-corrected chi connectivity index (χ2v) is 5.18. The Labute approximate surface area is 107 Å². The van der Waals surface area contributed by atoms with Crippen LogP contribution in [0.2, 0.25) is 5.28 Å². The Morgan fingerprint density at radius 1 is 1.69 bits per heavy atom. The Morgan fingerprint density at radius 3 is 2.88 bits per heavy atom. The fourth-order valence-electron chi connectivity index (χ4n) is 1.23. The summed E-state index contributed by atoms with van der Waals surface area (Å²) in [6.45, 7) is 3.69. The standard InChI is InChI=1S/C9H12BrClN4O/c1-9(2,3-6(12)16)15-7-5(10)4-13-8(11)14-7/h4H,3H2,1-2H3,(H2,12,16)(H,13,14,15). The number of carbonyl (C=O) groups is 1. The molecule has 1 amide bonds. The van der Waals surface area contributed by atoms with Crippen LogP contribution in [0.5, 0.6) is 0 Å². The number of halogens is 2. The van der Waals surface area contributed by atoms with Gasteiger partial charge in [-0.15, -0.1) is 0 Å². The highest BCUT2D eigenvalue weighted by Gasteiger charge is 2.22. The molecule has 0 atom stereocenters. The molecule has 0 aliphatic carbocycles. The monoisotopic (exact) mass is 306 g/mol. The summed E-state index contributed by atoms with van der Waals surface area (Å²) in [6.07, 6.45) is 1.74. The first-order valence-electron chi connectivity index (χ1n) is 4.55. The highest BCUT2D eigenvalue weighted by molar-refractivity contribution is 9.10. The van der Waals surface area contributed by atoms with Crippen LogP contribution in [-0.4, -0.2) is 21.4 Å². The van der Waals surface area contributed by atoms with E-state index in [1.807, 2.05) is 13.8 Å². The van der Waals surface area contributed by atoms with E-state index < -0.39 is 5.54 Å². The van der Waals surface area contributed by atoms with Crippen LogP contribution < -0.4 is 11.1 Å². The van der Waals surface area contributed by atoms with E-state index in [0.29, 0.717) is 10.3 Å². The lowest BCUT2D eigenvalue weighted by Gasteiger charge is -2.25. The molecule has 1 aromatic rings. The van der Waals surface area contributed by atoms with Crippen LogP contribution in [0.4, 0.5) is 5.82 Å². The van der Waals surface area contributed by atoms with E-state index in [9.17, 15) is 4.79 Å². The normalized spacial score (nSPS) is 11.2. The van der Waals surface area contributed by atoms with E-state index in [1.54, 1.807) is 0 Å². The van der Waals surface area contributed by atoms with Gasteiger partial charge in [0.2, 0.25) is 11.2 Å². The quantitative estimate of drug-likeness (QED) is 0.833. The minimum absolute atomic E-state index is 0.139. The van der Waals surface area contributed by atoms with Gasteiger partial charge in [0, 0.05) is 18.2 Å². The zero-order valence-corrected chi connectivity index (χ0v) is 11.3. The van der Waals surface area contributed by atoms with Crippen LogP contribution in [0.15, 0.2) is 10.7 Å². The number of anilines is 1. The van der Waals surface area contributed by atoms with E-state index in [0.717, 1.165) is 0 Å². The van der Waals surface area contributed by atoms with Gasteiger partial charge < -0.3 is 11.1 Å². The van der Waals surface area contributed by atoms with Gasteiger partial charge in [0.25, 0.3) is 0 Å². The van der Waals surface area contributed by atoms with Crippen LogP contribution in [-0.2, 0) is 4.79 Å². The summed E-state index contributed by atoms with van der Waals surface area (Å²) in [5.41, 5.74) is 4.66. The van der Waals surface area contributed by atoms with Crippen LogP contribution in [0.25, 0.3) is 0 Å². The van der Waals surface area contributed by atoms with Gasteiger partial charge in [-0.25, -0.2) is 4.98 Å². The molecule has 0 aliphatic heterocycles. The smallest absolute Gasteiger partial charge is 0.224 e. The second-order valence-electron chi connectivity index (χ2n) is 3.99. The second kappa shape index (κ2) is 4.97. The molecular formula is C9H12BrClN4O. The zero-order chi connectivity index (χ0) is 12.3. The maximum absolute atomic E-state index is 10.9. The average molecular weight is 308 g/mol. The summed E-state index contributed by atoms with van der Waals surface area (Å²) in [5.74, 6) is 0.153. The van der Waals surface area contributed by atoms with Crippen molar-refractivity contribution in [3.8, 4) is 0 Å². The van der Waals surface area contributed by atoms with Gasteiger partial charge in [0.1, 0.15) is 5.82 Å². The summed E-state index contributed by atoms with van der Waals surface area (Å²) >= 11 is 8.96. The highest BCUT2D eigenvalue weighted by Crippen LogP contribution is 2.24. The molecule has 3 N–H and O–H groups in total. The molecule has 1 rings (SSSR count). The molecule has 0 radical (unpaired) electrons. The first-order valence-corrected chi connectivity index (χ1v) is 5.72. The molecule has 5 nitrogen and oxygen atoms in total. The van der Waals surface area contributed by atoms with Gasteiger partial charge in [-0.2, -0.15) is 4.98 Å². The molecule has 0 bridgehead atoms. The number of hydrogen-bond acceptors (Lipinski definition) is 4. The summed E-state index contributed by atoms with van der Waals surface area (Å²) in [4.78, 5) is 18.7. The number of nitrogens with zero attached hydrogens (tertiary/aromatic N) is 2. The van der Waals surface area contributed by atoms with Crippen LogP contribution >= 0.6 is 27.5 Å². The molecule has 7 heteroatoms. The van der Waals surface area contributed by atoms with Crippen molar-refractivity contribution in [2.75, 3.05) is 5.32 Å². The van der Waals surface area contributed by atoms with Gasteiger partial charge in [-0.1, -0.05) is 0 Å². The van der Waals surface area contributed by atoms with Gasteiger partial charge >= 0.3 is 0 Å². The topological polar surface area (TPSA) is 80.9 Å². The molecule has 88 valence electrons. The zero-order valence-electron chi connectivity index (χ0n) is 8.92. The number of primary amides is 1. The molecule has 1 heterocycles. The van der Waals surface area contributed by atoms with Crippen molar-refractivity contribution in [1.82, 2.24) is 9.97 Å². The highest BCUT2D eigenvalue weighted by atomic mass is 79.9. The molecule has 0 fully saturated rings. The Kier molecular flexibility index (Phi) is 4.09. The van der Waals surface area contributed by atoms with Crippen molar-refractivity contribution in [2.24, 2.45) is 5.73 Å². The first kappa shape index (κ1) is 13.2. The molecule has 1 aromatic heterocycles. The number of hydrogen-bond donors (Lipinski definition) is 2. The third-order valence-corrected chi connectivity index (χ3v) is 2.55. The fraction of sp³-hybridized carbons (Fsp3) is 0.444. The van der Waals surface area contributed by atoms with Crippen molar-refractivity contribution in [3.63, 3.8) is 0 Å². The third-order valence-electron chi connectivity index (χ3n) is 1.79. The number of aromatic nitrogens is 2. The van der Waals surface area contributed by atoms with Crippen LogP contribution in [0, 0.1) is 0 Å². The molecule has 0 aromatic carbocycles. The Morgan fingerprint density at radius 2 is 2.31 bits per heavy atom. The van der Waals surface area contributed by atoms with Crippen LogP contribution in [0.3, 0.4) is 0 Å². The number of amides is 1. The Balaban J connectivity index is 2.86. The average Bonchev–Trinajstić information content (AvgIpc) is 2.08. The number of nitrogens with two attached hydrogens (primary N) is 1. The van der Waals surface area contributed by atoms with E-state index in [2.05, 4.69) is 31.2 Å². The van der Waals surface area contributed by atoms with Gasteiger partial charge in [0.05, 0.1) is 4.47 Å². The predicted molar refractivity (Wildman–Crippen MR) is 66.3 cm³/mol. The minimum Gasteiger partial charge on any atom is -0.370 e. The predicted octanol–water partition coefficient (Wildman–Crippen LogP) is 1.96. The largest absolute Gasteiger partial charge is 0.370 e. The van der Waals surface area contributed by atoms with Gasteiger partial charge in [-0.05, 0) is 41.4 Å². The van der Waals surface area contributed by atoms with E-state index in [-0.39, 0.29) is 17.6 Å². The van der Waals surface area contributed by atoms with Gasteiger partial charge in [-0.3, -0.25) is 4.79 Å². The molecule has 0 saturated carbocycles. The van der Waals surface area contributed by atoms with Crippen LogP contribution in [0.1, 0.15) is 20.3 Å². The lowest BCUT2D eigenvalue weighted by molar-refractivity contribution is -0.118. The lowest BCUT2D eigenvalue weighted by atomic mass is 10.0. The summed E-state index contributed by atoms with van der Waals surface area (Å²) in [5, 5.41) is 3.21. The van der Waals surface area contributed by atoms with E-state index >= 15 is 0 Å². The molecule has 0 saturated heterocycles. The minimum atomic E-state index is -0.494. The summed E-state index contributed by atoms with van der Waals surface area (Å²) < 4.78 is 0.675. The first-order chi connectivity index (χ1) is 7.30. The third kappa shape index (κ3) is 3.94. The molecular weight excluding hydrogens is 295 g/mol. The number of rotatable bonds is 4. The SMILES string of the molecule is CC(C)(CC(N)=O)Nc1nc(Cl)ncc1Br. The molecule has 0 unspecified atom stereocenters. The molecule has 16 heavy (non-hydrogen) atoms. The molecule has 0 spiro atoms. The van der Waals surface area contributed by atoms with Crippen molar-refractivity contribution in [1.29, 1.82) is 0 Å². The van der Waals surface area contributed by atoms with Crippen molar-refractivity contribution >= 4 is 39.3 Å². The van der Waals surface area contributed by atoms with Gasteiger partial charge in [0.15, 0.2) is 0 Å². The summed E-state index contributed by atoms with van der Waals surface area (Å²) in [7, 11) is 0. The van der Waals surface area contributed by atoms with E-state index in [1.165, 1.54) is 6.20 Å². The maximum Gasteiger partial charge on any atom is 0.224 e. The van der Waals surface area contributed by atoms with Crippen molar-refractivity contribution in [3.05, 3.63) is 16.0 Å². The fourth-order valence-corrected chi connectivity index (χ4v) is 1.66. The number of carbonyl (C=O) groups excluding carboxylic acids is 1. The maximum atomic E-state index is 10.9. The molecule has 0 aliphatic rings. The van der Waals surface area contributed by atoms with E-state index in [4.69, 9.17) is 17.3 Å².